The van der Waals surface area contributed by atoms with Crippen molar-refractivity contribution in [2.24, 2.45) is 5.73 Å². The first kappa shape index (κ1) is 14.9. The van der Waals surface area contributed by atoms with Crippen molar-refractivity contribution in [2.75, 3.05) is 25.6 Å². The molecular weight excluding hydrogens is 262 g/mol. The minimum atomic E-state index is -0.0184. The molecule has 1 unspecified atom stereocenters. The average molecular weight is 281 g/mol. The summed E-state index contributed by atoms with van der Waals surface area (Å²) in [6.07, 6.45) is 0. The molecule has 2 aromatic carbocycles. The van der Waals surface area contributed by atoms with Gasteiger partial charge in [-0.2, -0.15) is 5.26 Å². The first-order valence-corrected chi connectivity index (χ1v) is 6.77. The largest absolute Gasteiger partial charge is 0.496 e. The van der Waals surface area contributed by atoms with E-state index >= 15 is 0 Å². The second-order valence-electron chi connectivity index (χ2n) is 4.77. The summed E-state index contributed by atoms with van der Waals surface area (Å²) in [5.74, 6) is 0.816. The molecule has 4 heteroatoms. The van der Waals surface area contributed by atoms with E-state index < -0.39 is 0 Å². The maximum absolute atomic E-state index is 9.03. The van der Waals surface area contributed by atoms with Gasteiger partial charge in [-0.1, -0.05) is 24.3 Å². The number of anilines is 1. The van der Waals surface area contributed by atoms with Crippen molar-refractivity contribution in [1.29, 1.82) is 5.26 Å². The molecule has 0 aliphatic rings. The first-order valence-electron chi connectivity index (χ1n) is 6.77. The molecule has 1 atom stereocenters. The molecule has 0 radical (unpaired) electrons. The predicted octanol–water partition coefficient (Wildman–Crippen LogP) is 2.70. The number of nitriles is 1. The van der Waals surface area contributed by atoms with Gasteiger partial charge in [-0.3, -0.25) is 0 Å². The lowest BCUT2D eigenvalue weighted by Gasteiger charge is -2.30. The summed E-state index contributed by atoms with van der Waals surface area (Å²) >= 11 is 0. The van der Waals surface area contributed by atoms with Crippen LogP contribution in [-0.4, -0.2) is 20.7 Å². The second kappa shape index (κ2) is 6.78. The van der Waals surface area contributed by atoms with Gasteiger partial charge in [-0.15, -0.1) is 0 Å². The maximum Gasteiger partial charge on any atom is 0.124 e. The molecule has 0 aliphatic heterocycles. The molecule has 2 rings (SSSR count). The van der Waals surface area contributed by atoms with Crippen LogP contribution in [0.15, 0.2) is 48.5 Å². The molecule has 0 saturated heterocycles. The average Bonchev–Trinajstić information content (AvgIpc) is 2.56. The topological polar surface area (TPSA) is 62.3 Å². The monoisotopic (exact) mass is 281 g/mol. The fourth-order valence-electron chi connectivity index (χ4n) is 2.41. The van der Waals surface area contributed by atoms with Gasteiger partial charge in [-0.25, -0.2) is 0 Å². The zero-order valence-corrected chi connectivity index (χ0v) is 12.3. The molecule has 0 heterocycles. The van der Waals surface area contributed by atoms with E-state index in [1.54, 1.807) is 13.2 Å². The second-order valence-corrected chi connectivity index (χ2v) is 4.77. The predicted molar refractivity (Wildman–Crippen MR) is 84.3 cm³/mol. The van der Waals surface area contributed by atoms with Gasteiger partial charge in [-0.05, 0) is 24.3 Å². The SMILES string of the molecule is COc1ccccc1C(CN)N(C)c1cccc(C#N)c1. The van der Waals surface area contributed by atoms with E-state index in [0.29, 0.717) is 12.1 Å². The van der Waals surface area contributed by atoms with E-state index in [9.17, 15) is 0 Å². The Hall–Kier alpha value is -2.51. The summed E-state index contributed by atoms with van der Waals surface area (Å²) in [7, 11) is 3.63. The summed E-state index contributed by atoms with van der Waals surface area (Å²) in [4.78, 5) is 2.07. The summed E-state index contributed by atoms with van der Waals surface area (Å²) in [5, 5.41) is 9.03. The third-order valence-corrected chi connectivity index (χ3v) is 3.57. The highest BCUT2D eigenvalue weighted by Gasteiger charge is 2.19. The Bertz CT molecular complexity index is 648. The van der Waals surface area contributed by atoms with E-state index in [4.69, 9.17) is 15.7 Å². The molecular formula is C17H19N3O. The number of likely N-dealkylation sites (N-methyl/N-ethyl adjacent to an activating group) is 1. The molecule has 0 aliphatic carbocycles. The number of methoxy groups -OCH3 is 1. The zero-order valence-electron chi connectivity index (χ0n) is 12.3. The zero-order chi connectivity index (χ0) is 15.2. The van der Waals surface area contributed by atoms with Crippen LogP contribution in [0.3, 0.4) is 0 Å². The van der Waals surface area contributed by atoms with Crippen molar-refractivity contribution < 1.29 is 4.74 Å². The molecule has 0 saturated carbocycles. The number of benzene rings is 2. The number of rotatable bonds is 5. The first-order chi connectivity index (χ1) is 10.2. The van der Waals surface area contributed by atoms with Crippen LogP contribution in [0.25, 0.3) is 0 Å². The fourth-order valence-corrected chi connectivity index (χ4v) is 2.41. The third-order valence-electron chi connectivity index (χ3n) is 3.57. The molecule has 0 fully saturated rings. The normalized spacial score (nSPS) is 11.5. The lowest BCUT2D eigenvalue weighted by molar-refractivity contribution is 0.405. The van der Waals surface area contributed by atoms with Crippen molar-refractivity contribution in [3.05, 3.63) is 59.7 Å². The van der Waals surface area contributed by atoms with Gasteiger partial charge in [0.2, 0.25) is 0 Å². The number of ether oxygens (including phenoxy) is 1. The molecule has 2 N–H and O–H groups in total. The Morgan fingerprint density at radius 3 is 2.67 bits per heavy atom. The molecule has 0 spiro atoms. The number of nitrogens with two attached hydrogens (primary N) is 1. The fraction of sp³-hybridized carbons (Fsp3) is 0.235. The van der Waals surface area contributed by atoms with E-state index in [1.807, 2.05) is 49.5 Å². The minimum Gasteiger partial charge on any atom is -0.496 e. The smallest absolute Gasteiger partial charge is 0.124 e. The third kappa shape index (κ3) is 3.15. The minimum absolute atomic E-state index is 0.0184. The van der Waals surface area contributed by atoms with E-state index in [0.717, 1.165) is 17.0 Å². The van der Waals surface area contributed by atoms with Gasteiger partial charge in [0.1, 0.15) is 5.75 Å². The number of nitrogens with zero attached hydrogens (tertiary/aromatic N) is 2. The molecule has 2 aromatic rings. The summed E-state index contributed by atoms with van der Waals surface area (Å²) in [6.45, 7) is 0.452. The Kier molecular flexibility index (Phi) is 4.81. The number of hydrogen-bond acceptors (Lipinski definition) is 4. The quantitative estimate of drug-likeness (QED) is 0.915. The van der Waals surface area contributed by atoms with Crippen molar-refractivity contribution in [1.82, 2.24) is 0 Å². The van der Waals surface area contributed by atoms with Crippen molar-refractivity contribution in [2.45, 2.75) is 6.04 Å². The number of para-hydroxylation sites is 1. The van der Waals surface area contributed by atoms with Crippen LogP contribution in [0.1, 0.15) is 17.2 Å². The molecule has 0 aromatic heterocycles. The highest BCUT2D eigenvalue weighted by atomic mass is 16.5. The van der Waals surface area contributed by atoms with Crippen molar-refractivity contribution in [3.63, 3.8) is 0 Å². The highest BCUT2D eigenvalue weighted by molar-refractivity contribution is 5.54. The standard InChI is InChI=1S/C17H19N3O/c1-20(14-7-5-6-13(10-14)11-18)16(12-19)15-8-3-4-9-17(15)21-2/h3-10,16H,12,19H2,1-2H3. The summed E-state index contributed by atoms with van der Waals surface area (Å²) in [5.41, 5.74) is 8.60. The van der Waals surface area contributed by atoms with Crippen molar-refractivity contribution in [3.8, 4) is 11.8 Å². The van der Waals surface area contributed by atoms with Crippen LogP contribution in [0.5, 0.6) is 5.75 Å². The van der Waals surface area contributed by atoms with Gasteiger partial charge in [0, 0.05) is 24.8 Å². The van der Waals surface area contributed by atoms with Crippen LogP contribution in [-0.2, 0) is 0 Å². The van der Waals surface area contributed by atoms with Crippen LogP contribution < -0.4 is 15.4 Å². The van der Waals surface area contributed by atoms with Crippen LogP contribution >= 0.6 is 0 Å². The van der Waals surface area contributed by atoms with E-state index in [2.05, 4.69) is 11.0 Å². The van der Waals surface area contributed by atoms with Crippen LogP contribution in [0.2, 0.25) is 0 Å². The molecule has 21 heavy (non-hydrogen) atoms. The van der Waals surface area contributed by atoms with E-state index in [1.165, 1.54) is 0 Å². The van der Waals surface area contributed by atoms with Gasteiger partial charge in [0.25, 0.3) is 0 Å². The lowest BCUT2D eigenvalue weighted by Crippen LogP contribution is -2.30. The van der Waals surface area contributed by atoms with E-state index in [-0.39, 0.29) is 6.04 Å². The van der Waals surface area contributed by atoms with Gasteiger partial charge >= 0.3 is 0 Å². The van der Waals surface area contributed by atoms with Crippen LogP contribution in [0, 0.1) is 11.3 Å². The Morgan fingerprint density at radius 2 is 2.00 bits per heavy atom. The summed E-state index contributed by atoms with van der Waals surface area (Å²) < 4.78 is 5.42. The van der Waals surface area contributed by atoms with Crippen molar-refractivity contribution >= 4 is 5.69 Å². The molecule has 0 amide bonds. The Balaban J connectivity index is 2.38. The lowest BCUT2D eigenvalue weighted by atomic mass is 10.0. The summed E-state index contributed by atoms with van der Waals surface area (Å²) in [6, 6.07) is 17.5. The van der Waals surface area contributed by atoms with Gasteiger partial charge < -0.3 is 15.4 Å². The van der Waals surface area contributed by atoms with Gasteiger partial charge in [0.15, 0.2) is 0 Å². The Morgan fingerprint density at radius 1 is 1.24 bits per heavy atom. The molecule has 0 bridgehead atoms. The van der Waals surface area contributed by atoms with Crippen LogP contribution in [0.4, 0.5) is 5.69 Å². The molecule has 4 nitrogen and oxygen atoms in total. The van der Waals surface area contributed by atoms with Gasteiger partial charge in [0.05, 0.1) is 24.8 Å². The Labute approximate surface area is 125 Å². The highest BCUT2D eigenvalue weighted by Crippen LogP contribution is 2.31. The molecule has 108 valence electrons. The number of hydrogen-bond donors (Lipinski definition) is 1. The maximum atomic E-state index is 9.03.